The summed E-state index contributed by atoms with van der Waals surface area (Å²) in [5.74, 6) is -4.31. The van der Waals surface area contributed by atoms with Gasteiger partial charge in [-0.05, 0) is 26.2 Å². The first-order chi connectivity index (χ1) is 16.5. The van der Waals surface area contributed by atoms with E-state index in [1.807, 2.05) is 4.90 Å². The number of carboxylic acids is 1. The molecule has 194 valence electrons. The number of hydrogen-bond donors (Lipinski definition) is 4. The first kappa shape index (κ1) is 25.8. The zero-order chi connectivity index (χ0) is 25.6. The molecule has 0 bridgehead atoms. The summed E-state index contributed by atoms with van der Waals surface area (Å²) in [4.78, 5) is 52.8. The highest BCUT2D eigenvalue weighted by atomic mass is 32.2. The molecule has 0 aromatic heterocycles. The molecule has 0 aromatic rings. The summed E-state index contributed by atoms with van der Waals surface area (Å²) in [6.07, 6.45) is -1.13. The molecule has 35 heavy (non-hydrogen) atoms. The van der Waals surface area contributed by atoms with Gasteiger partial charge in [-0.25, -0.2) is 4.79 Å². The lowest BCUT2D eigenvalue weighted by Gasteiger charge is -2.47. The molecular weight excluding hydrogens is 484 g/mol. The smallest absolute Gasteiger partial charge is 0.353 e. The molecule has 4 aliphatic rings. The largest absolute Gasteiger partial charge is 0.477 e. The monoisotopic (exact) mass is 515 g/mol. The van der Waals surface area contributed by atoms with Gasteiger partial charge in [-0.15, -0.1) is 11.8 Å². The Morgan fingerprint density at radius 3 is 2.51 bits per heavy atom. The summed E-state index contributed by atoms with van der Waals surface area (Å²) in [7, 11) is 0. The van der Waals surface area contributed by atoms with Crippen molar-refractivity contribution in [2.75, 3.05) is 19.6 Å². The molecule has 4 aliphatic heterocycles. The van der Waals surface area contributed by atoms with Gasteiger partial charge in [0.25, 0.3) is 5.91 Å². The van der Waals surface area contributed by atoms with E-state index in [-0.39, 0.29) is 34.9 Å². The number of piperidine rings is 1. The first-order valence-corrected chi connectivity index (χ1v) is 12.7. The van der Waals surface area contributed by atoms with Crippen molar-refractivity contribution in [3.8, 4) is 0 Å². The summed E-state index contributed by atoms with van der Waals surface area (Å²) < 4.78 is 25.3. The number of nitrogens with zero attached hydrogens (tertiary/aromatic N) is 2. The number of carbonyl (C=O) groups excluding carboxylic acids is 3. The van der Waals surface area contributed by atoms with Gasteiger partial charge in [0.05, 0.1) is 18.0 Å². The number of likely N-dealkylation sites (tertiary alicyclic amines) is 1. The molecule has 3 amide bonds. The second-order valence-corrected chi connectivity index (χ2v) is 11.1. The van der Waals surface area contributed by atoms with Crippen molar-refractivity contribution in [2.24, 2.45) is 17.6 Å². The standard InChI is InChI=1S/C22H31F2N5O5S/c1-9-15-14(10(2)27-19(30)18(23)24)21(32)29(15)16(22(33)34)17(9)35-12-7-13(26-8-12)20(31)28-5-3-11(25)4-6-28/h9-15,18,26H,3-8,25H2,1-2H3,(H,27,30)(H,33,34)/t9-,10-,12+,13+,14-,15-/m1/s1. The minimum atomic E-state index is -3.20. The van der Waals surface area contributed by atoms with Gasteiger partial charge >= 0.3 is 12.4 Å². The number of halogens is 2. The van der Waals surface area contributed by atoms with Crippen LogP contribution in [0.25, 0.3) is 0 Å². The summed E-state index contributed by atoms with van der Waals surface area (Å²) in [6, 6.07) is -1.64. The number of alkyl halides is 2. The minimum absolute atomic E-state index is 0.0227. The van der Waals surface area contributed by atoms with Gasteiger partial charge in [0.2, 0.25) is 11.8 Å². The van der Waals surface area contributed by atoms with Gasteiger partial charge in [-0.2, -0.15) is 8.78 Å². The van der Waals surface area contributed by atoms with Crippen molar-refractivity contribution >= 4 is 35.5 Å². The van der Waals surface area contributed by atoms with Crippen LogP contribution in [0.5, 0.6) is 0 Å². The predicted molar refractivity (Wildman–Crippen MR) is 123 cm³/mol. The van der Waals surface area contributed by atoms with Crippen LogP contribution < -0.4 is 16.4 Å². The van der Waals surface area contributed by atoms with Crippen molar-refractivity contribution in [2.45, 2.75) is 69.0 Å². The molecule has 13 heteroatoms. The third-order valence-corrected chi connectivity index (χ3v) is 8.94. The lowest BCUT2D eigenvalue weighted by molar-refractivity contribution is -0.159. The highest BCUT2D eigenvalue weighted by Crippen LogP contribution is 2.51. The highest BCUT2D eigenvalue weighted by molar-refractivity contribution is 8.03. The summed E-state index contributed by atoms with van der Waals surface area (Å²) in [5.41, 5.74) is 5.83. The van der Waals surface area contributed by atoms with E-state index in [0.29, 0.717) is 31.0 Å². The first-order valence-electron chi connectivity index (χ1n) is 11.8. The Morgan fingerprint density at radius 1 is 1.26 bits per heavy atom. The van der Waals surface area contributed by atoms with E-state index in [1.54, 1.807) is 6.92 Å². The van der Waals surface area contributed by atoms with Crippen LogP contribution in [0.3, 0.4) is 0 Å². The van der Waals surface area contributed by atoms with E-state index < -0.39 is 42.2 Å². The van der Waals surface area contributed by atoms with Crippen LogP contribution in [0, 0.1) is 11.8 Å². The second kappa shape index (κ2) is 10.0. The van der Waals surface area contributed by atoms with Crippen molar-refractivity contribution in [3.05, 3.63) is 10.6 Å². The van der Waals surface area contributed by atoms with Crippen LogP contribution in [0.1, 0.15) is 33.1 Å². The molecular formula is C22H31F2N5O5S. The summed E-state index contributed by atoms with van der Waals surface area (Å²) in [5, 5.41) is 15.2. The highest BCUT2D eigenvalue weighted by Gasteiger charge is 2.60. The fourth-order valence-electron chi connectivity index (χ4n) is 5.57. The van der Waals surface area contributed by atoms with E-state index >= 15 is 0 Å². The fourth-order valence-corrected chi connectivity index (χ4v) is 7.05. The van der Waals surface area contributed by atoms with Gasteiger partial charge in [0.1, 0.15) is 5.70 Å². The molecule has 3 saturated heterocycles. The minimum Gasteiger partial charge on any atom is -0.477 e. The van der Waals surface area contributed by atoms with E-state index in [9.17, 15) is 33.1 Å². The lowest BCUT2D eigenvalue weighted by Crippen LogP contribution is -2.66. The van der Waals surface area contributed by atoms with Crippen LogP contribution in [0.4, 0.5) is 8.78 Å². The van der Waals surface area contributed by atoms with Gasteiger partial charge in [-0.3, -0.25) is 14.4 Å². The third kappa shape index (κ3) is 4.77. The molecule has 0 saturated carbocycles. The maximum absolute atomic E-state index is 12.9. The quantitative estimate of drug-likeness (QED) is 0.345. The second-order valence-electron chi connectivity index (χ2n) is 9.73. The topological polar surface area (TPSA) is 145 Å². The number of β-lactam (4-membered cyclic amide) rings is 1. The molecule has 4 heterocycles. The van der Waals surface area contributed by atoms with E-state index in [0.717, 1.165) is 12.8 Å². The number of hydrogen-bond acceptors (Lipinski definition) is 7. The number of amides is 3. The molecule has 0 spiro atoms. The van der Waals surface area contributed by atoms with E-state index in [4.69, 9.17) is 5.73 Å². The van der Waals surface area contributed by atoms with Gasteiger partial charge in [0.15, 0.2) is 0 Å². The fraction of sp³-hybridized carbons (Fsp3) is 0.727. The average Bonchev–Trinajstić information content (AvgIpc) is 3.35. The summed E-state index contributed by atoms with van der Waals surface area (Å²) in [6.45, 7) is 5.05. The van der Waals surface area contributed by atoms with Crippen LogP contribution in [0.15, 0.2) is 10.6 Å². The molecule has 5 N–H and O–H groups in total. The van der Waals surface area contributed by atoms with Gasteiger partial charge in [-0.1, -0.05) is 6.92 Å². The van der Waals surface area contributed by atoms with E-state index in [2.05, 4.69) is 10.6 Å². The molecule has 0 unspecified atom stereocenters. The molecule has 0 radical (unpaired) electrons. The number of nitrogens with two attached hydrogens (primary N) is 1. The zero-order valence-corrected chi connectivity index (χ0v) is 20.4. The normalized spacial score (nSPS) is 32.1. The van der Waals surface area contributed by atoms with Crippen LogP contribution in [-0.4, -0.2) is 94.1 Å². The van der Waals surface area contributed by atoms with Gasteiger partial charge < -0.3 is 31.3 Å². The predicted octanol–water partition coefficient (Wildman–Crippen LogP) is -0.0575. The van der Waals surface area contributed by atoms with Crippen LogP contribution >= 0.6 is 11.8 Å². The Morgan fingerprint density at radius 2 is 1.91 bits per heavy atom. The molecule has 10 nitrogen and oxygen atoms in total. The Kier molecular flexibility index (Phi) is 7.39. The van der Waals surface area contributed by atoms with Crippen molar-refractivity contribution in [1.29, 1.82) is 0 Å². The molecule has 0 aliphatic carbocycles. The number of aliphatic carboxylic acids is 1. The number of rotatable bonds is 7. The maximum Gasteiger partial charge on any atom is 0.353 e. The van der Waals surface area contributed by atoms with Crippen molar-refractivity contribution in [3.63, 3.8) is 0 Å². The van der Waals surface area contributed by atoms with Crippen molar-refractivity contribution < 1.29 is 33.1 Å². The number of carboxylic acid groups (broad SMARTS) is 1. The summed E-state index contributed by atoms with van der Waals surface area (Å²) >= 11 is 1.35. The van der Waals surface area contributed by atoms with Gasteiger partial charge in [0, 0.05) is 47.8 Å². The van der Waals surface area contributed by atoms with E-state index in [1.165, 1.54) is 23.6 Å². The number of thioether (sulfide) groups is 1. The Bertz CT molecular complexity index is 941. The number of carbonyl (C=O) groups is 4. The number of fused-ring (bicyclic) bond motifs is 1. The average molecular weight is 516 g/mol. The third-order valence-electron chi connectivity index (χ3n) is 7.43. The molecule has 0 aromatic carbocycles. The van der Waals surface area contributed by atoms with Crippen molar-refractivity contribution in [1.82, 2.24) is 20.4 Å². The Hall–Kier alpha value is -2.25. The number of nitrogens with one attached hydrogen (secondary N) is 2. The van der Waals surface area contributed by atoms with Crippen LogP contribution in [-0.2, 0) is 19.2 Å². The molecule has 4 rings (SSSR count). The molecule has 3 fully saturated rings. The molecule has 6 atom stereocenters. The zero-order valence-electron chi connectivity index (χ0n) is 19.6. The Labute approximate surface area is 206 Å². The van der Waals surface area contributed by atoms with Crippen LogP contribution in [0.2, 0.25) is 0 Å². The Balaban J connectivity index is 1.42. The SMILES string of the molecule is C[C@@H](NC(=O)C(F)F)[C@H]1C(=O)N2C(C(=O)O)=C(S[C@@H]3CN[C@H](C(=O)N4CCC(N)CC4)C3)[C@H](C)[C@H]12. The lowest BCUT2D eigenvalue weighted by atomic mass is 9.78. The maximum atomic E-state index is 12.9.